The molecule has 7 nitrogen and oxygen atoms in total. The molecule has 1 amide bonds. The van der Waals surface area contributed by atoms with Gasteiger partial charge in [-0.3, -0.25) is 9.52 Å². The quantitative estimate of drug-likeness (QED) is 0.594. The van der Waals surface area contributed by atoms with E-state index in [1.54, 1.807) is 42.5 Å². The third-order valence-electron chi connectivity index (χ3n) is 3.11. The molecule has 2 aromatic carbocycles. The van der Waals surface area contributed by atoms with Gasteiger partial charge in [-0.25, -0.2) is 8.42 Å². The summed E-state index contributed by atoms with van der Waals surface area (Å²) < 4.78 is 35.4. The molecule has 2 rings (SSSR count). The van der Waals surface area contributed by atoms with Crippen molar-refractivity contribution in [3.8, 4) is 11.5 Å². The summed E-state index contributed by atoms with van der Waals surface area (Å²) in [6.07, 6.45) is 1.06. The van der Waals surface area contributed by atoms with E-state index < -0.39 is 10.0 Å². The van der Waals surface area contributed by atoms with Crippen LogP contribution in [0.1, 0.15) is 0 Å². The van der Waals surface area contributed by atoms with Crippen LogP contribution < -0.4 is 19.5 Å². The first-order valence-electron chi connectivity index (χ1n) is 7.78. The highest BCUT2D eigenvalue weighted by Gasteiger charge is 2.05. The van der Waals surface area contributed by atoms with Crippen molar-refractivity contribution in [2.45, 2.75) is 0 Å². The lowest BCUT2D eigenvalue weighted by molar-refractivity contribution is -0.123. The molecule has 0 saturated carbocycles. The summed E-state index contributed by atoms with van der Waals surface area (Å²) in [6, 6.07) is 11.1. The van der Waals surface area contributed by atoms with Crippen LogP contribution in [0.2, 0.25) is 10.0 Å². The van der Waals surface area contributed by atoms with Gasteiger partial charge in [0.25, 0.3) is 5.91 Å². The van der Waals surface area contributed by atoms with Crippen LogP contribution >= 0.6 is 23.2 Å². The van der Waals surface area contributed by atoms with Gasteiger partial charge in [0.1, 0.15) is 18.1 Å². The Kier molecular flexibility index (Phi) is 7.58. The number of ether oxygens (including phenoxy) is 2. The Morgan fingerprint density at radius 2 is 1.67 bits per heavy atom. The van der Waals surface area contributed by atoms with Gasteiger partial charge in [-0.15, -0.1) is 0 Å². The lowest BCUT2D eigenvalue weighted by Gasteiger charge is -2.10. The van der Waals surface area contributed by atoms with Gasteiger partial charge in [0, 0.05) is 11.8 Å². The zero-order valence-electron chi connectivity index (χ0n) is 14.4. The number of nitrogens with one attached hydrogen (secondary N) is 2. The second-order valence-electron chi connectivity index (χ2n) is 5.46. The van der Waals surface area contributed by atoms with Crippen molar-refractivity contribution in [2.75, 3.05) is 30.7 Å². The third kappa shape index (κ3) is 7.94. The maximum absolute atomic E-state index is 11.8. The molecular weight excluding hydrogens is 415 g/mol. The number of hydrogen-bond acceptors (Lipinski definition) is 5. The van der Waals surface area contributed by atoms with Gasteiger partial charge >= 0.3 is 0 Å². The standard InChI is InChI=1S/C17H18Cl2N2O5S/c1-27(23,24)21-12-2-4-13(5-3-12)26-11-17(22)20-8-9-25-14-6-7-15(18)16(19)10-14/h2-7,10,21H,8-9,11H2,1H3,(H,20,22). The van der Waals surface area contributed by atoms with E-state index in [0.717, 1.165) is 6.26 Å². The van der Waals surface area contributed by atoms with Crippen LogP contribution in [-0.4, -0.2) is 40.3 Å². The summed E-state index contributed by atoms with van der Waals surface area (Å²) >= 11 is 11.7. The lowest BCUT2D eigenvalue weighted by Crippen LogP contribution is -2.32. The van der Waals surface area contributed by atoms with Crippen molar-refractivity contribution in [3.05, 3.63) is 52.5 Å². The van der Waals surface area contributed by atoms with Crippen LogP contribution in [0.15, 0.2) is 42.5 Å². The topological polar surface area (TPSA) is 93.7 Å². The predicted octanol–water partition coefficient (Wildman–Crippen LogP) is 2.94. The molecule has 0 aliphatic heterocycles. The average Bonchev–Trinajstić information content (AvgIpc) is 2.60. The maximum atomic E-state index is 11.8. The largest absolute Gasteiger partial charge is 0.492 e. The van der Waals surface area contributed by atoms with Crippen LogP contribution in [0.4, 0.5) is 5.69 Å². The Balaban J connectivity index is 1.67. The summed E-state index contributed by atoms with van der Waals surface area (Å²) in [5, 5.41) is 3.48. The molecule has 0 aromatic heterocycles. The molecule has 2 N–H and O–H groups in total. The van der Waals surface area contributed by atoms with E-state index in [0.29, 0.717) is 33.8 Å². The number of carbonyl (C=O) groups excluding carboxylic acids is 1. The zero-order chi connectivity index (χ0) is 19.9. The van der Waals surface area contributed by atoms with Crippen LogP contribution in [-0.2, 0) is 14.8 Å². The second kappa shape index (κ2) is 9.68. The van der Waals surface area contributed by atoms with Gasteiger partial charge < -0.3 is 14.8 Å². The van der Waals surface area contributed by atoms with E-state index in [1.165, 1.54) is 0 Å². The molecule has 0 atom stereocenters. The van der Waals surface area contributed by atoms with Crippen LogP contribution in [0, 0.1) is 0 Å². The Morgan fingerprint density at radius 3 is 2.30 bits per heavy atom. The van der Waals surface area contributed by atoms with E-state index in [1.807, 2.05) is 0 Å². The molecule has 0 bridgehead atoms. The molecule has 0 aliphatic rings. The highest BCUT2D eigenvalue weighted by molar-refractivity contribution is 7.92. The number of halogens is 2. The fraction of sp³-hybridized carbons (Fsp3) is 0.235. The van der Waals surface area contributed by atoms with Crippen molar-refractivity contribution < 1.29 is 22.7 Å². The first-order chi connectivity index (χ1) is 12.7. The van der Waals surface area contributed by atoms with Crippen molar-refractivity contribution in [1.29, 1.82) is 0 Å². The number of anilines is 1. The normalized spacial score (nSPS) is 10.9. The van der Waals surface area contributed by atoms with E-state index in [-0.39, 0.29) is 19.1 Å². The molecule has 0 fully saturated rings. The van der Waals surface area contributed by atoms with Gasteiger partial charge in [0.2, 0.25) is 10.0 Å². The van der Waals surface area contributed by atoms with Gasteiger partial charge in [0.05, 0.1) is 22.8 Å². The van der Waals surface area contributed by atoms with E-state index >= 15 is 0 Å². The monoisotopic (exact) mass is 432 g/mol. The molecule has 0 saturated heterocycles. The van der Waals surface area contributed by atoms with Crippen molar-refractivity contribution >= 4 is 44.8 Å². The summed E-state index contributed by atoms with van der Waals surface area (Å²) in [7, 11) is -3.33. The minimum absolute atomic E-state index is 0.175. The minimum atomic E-state index is -3.33. The molecule has 0 aliphatic carbocycles. The zero-order valence-corrected chi connectivity index (χ0v) is 16.7. The fourth-order valence-electron chi connectivity index (χ4n) is 1.96. The summed E-state index contributed by atoms with van der Waals surface area (Å²) in [6.45, 7) is 0.376. The molecule has 0 spiro atoms. The number of benzene rings is 2. The van der Waals surface area contributed by atoms with E-state index in [9.17, 15) is 13.2 Å². The third-order valence-corrected chi connectivity index (χ3v) is 4.46. The molecule has 27 heavy (non-hydrogen) atoms. The fourth-order valence-corrected chi connectivity index (χ4v) is 2.81. The van der Waals surface area contributed by atoms with Crippen molar-refractivity contribution in [1.82, 2.24) is 5.32 Å². The molecule has 0 heterocycles. The first-order valence-corrected chi connectivity index (χ1v) is 10.4. The van der Waals surface area contributed by atoms with Gasteiger partial charge in [-0.1, -0.05) is 23.2 Å². The Hall–Kier alpha value is -2.16. The molecule has 10 heteroatoms. The first kappa shape index (κ1) is 21.1. The van der Waals surface area contributed by atoms with E-state index in [2.05, 4.69) is 10.0 Å². The smallest absolute Gasteiger partial charge is 0.258 e. The van der Waals surface area contributed by atoms with E-state index in [4.69, 9.17) is 32.7 Å². The highest BCUT2D eigenvalue weighted by Crippen LogP contribution is 2.26. The second-order valence-corrected chi connectivity index (χ2v) is 8.02. The van der Waals surface area contributed by atoms with Gasteiger partial charge in [0.15, 0.2) is 6.61 Å². The number of carbonyl (C=O) groups is 1. The maximum Gasteiger partial charge on any atom is 0.258 e. The molecular formula is C17H18Cl2N2O5S. The number of amides is 1. The Morgan fingerprint density at radius 1 is 1.00 bits per heavy atom. The summed E-state index contributed by atoms with van der Waals surface area (Å²) in [4.78, 5) is 11.8. The SMILES string of the molecule is CS(=O)(=O)Nc1ccc(OCC(=O)NCCOc2ccc(Cl)c(Cl)c2)cc1. The van der Waals surface area contributed by atoms with Crippen LogP contribution in [0.5, 0.6) is 11.5 Å². The van der Waals surface area contributed by atoms with Gasteiger partial charge in [-0.2, -0.15) is 0 Å². The Bertz CT molecular complexity index is 889. The molecule has 2 aromatic rings. The van der Waals surface area contributed by atoms with Crippen molar-refractivity contribution in [3.63, 3.8) is 0 Å². The van der Waals surface area contributed by atoms with Crippen molar-refractivity contribution in [2.24, 2.45) is 0 Å². The highest BCUT2D eigenvalue weighted by atomic mass is 35.5. The summed E-state index contributed by atoms with van der Waals surface area (Å²) in [5.41, 5.74) is 0.411. The predicted molar refractivity (Wildman–Crippen MR) is 105 cm³/mol. The van der Waals surface area contributed by atoms with Crippen LogP contribution in [0.3, 0.4) is 0 Å². The molecule has 146 valence electrons. The number of rotatable bonds is 9. The minimum Gasteiger partial charge on any atom is -0.492 e. The molecule has 0 unspecified atom stereocenters. The number of hydrogen-bond donors (Lipinski definition) is 2. The summed E-state index contributed by atoms with van der Waals surface area (Å²) in [5.74, 6) is 0.681. The van der Waals surface area contributed by atoms with Gasteiger partial charge in [-0.05, 0) is 36.4 Å². The average molecular weight is 433 g/mol. The lowest BCUT2D eigenvalue weighted by atomic mass is 10.3. The van der Waals surface area contributed by atoms with Crippen LogP contribution in [0.25, 0.3) is 0 Å². The molecule has 0 radical (unpaired) electrons. The number of sulfonamides is 1. The Labute approximate surface area is 167 Å².